The molecule has 36 heavy (non-hydrogen) atoms. The van der Waals surface area contributed by atoms with Crippen molar-refractivity contribution in [2.75, 3.05) is 31.6 Å². The molecule has 3 saturated heterocycles. The maximum Gasteiger partial charge on any atom is 0.410 e. The first kappa shape index (κ1) is 25.1. The lowest BCUT2D eigenvalue weighted by atomic mass is 9.82. The Morgan fingerprint density at radius 1 is 1.08 bits per heavy atom. The standard InChI is InChI=1S/C27H41N5O4/c1-18-17-30(26(34)36-27(2,3)4)13-14-31(18)25-32(22-11-6-7-12-23(22)35-25)24(33)28-19-15-20-9-8-10-21(16-19)29(20)5/h6-7,11-12,18-21,25H,8-10,13-17H2,1-5H3,(H,28,33). The zero-order chi connectivity index (χ0) is 25.6. The zero-order valence-electron chi connectivity index (χ0n) is 22.3. The molecule has 3 amide bonds. The number of rotatable bonds is 2. The summed E-state index contributed by atoms with van der Waals surface area (Å²) < 4.78 is 11.9. The Labute approximate surface area is 214 Å². The van der Waals surface area contributed by atoms with Crippen LogP contribution in [0.4, 0.5) is 15.3 Å². The molecule has 198 valence electrons. The minimum absolute atomic E-state index is 0.0106. The molecule has 1 aromatic rings. The zero-order valence-corrected chi connectivity index (χ0v) is 22.3. The molecule has 9 heteroatoms. The van der Waals surface area contributed by atoms with Crippen LogP contribution in [0.5, 0.6) is 5.75 Å². The number of nitrogens with zero attached hydrogens (tertiary/aromatic N) is 4. The Kier molecular flexibility index (Phi) is 6.80. The third-order valence-corrected chi connectivity index (χ3v) is 8.08. The van der Waals surface area contributed by atoms with Crippen molar-refractivity contribution in [2.24, 2.45) is 0 Å². The van der Waals surface area contributed by atoms with Crippen molar-refractivity contribution in [3.8, 4) is 5.75 Å². The largest absolute Gasteiger partial charge is 0.454 e. The van der Waals surface area contributed by atoms with Crippen LogP contribution in [0.15, 0.2) is 24.3 Å². The average molecular weight is 500 g/mol. The monoisotopic (exact) mass is 499 g/mol. The number of ether oxygens (including phenoxy) is 2. The first-order valence-electron chi connectivity index (χ1n) is 13.4. The van der Waals surface area contributed by atoms with Gasteiger partial charge in [-0.25, -0.2) is 19.4 Å². The van der Waals surface area contributed by atoms with Crippen LogP contribution >= 0.6 is 0 Å². The Bertz CT molecular complexity index is 967. The minimum atomic E-state index is -0.552. The number of para-hydroxylation sites is 2. The fraction of sp³-hybridized carbons (Fsp3) is 0.704. The van der Waals surface area contributed by atoms with Gasteiger partial charge in [0.05, 0.1) is 5.69 Å². The topological polar surface area (TPSA) is 77.6 Å². The van der Waals surface area contributed by atoms with Gasteiger partial charge in [0, 0.05) is 43.8 Å². The molecule has 4 heterocycles. The number of piperazine rings is 1. The Hall–Kier alpha value is -2.52. The predicted octanol–water partition coefficient (Wildman–Crippen LogP) is 3.84. The van der Waals surface area contributed by atoms with Crippen LogP contribution < -0.4 is 15.0 Å². The van der Waals surface area contributed by atoms with E-state index >= 15 is 0 Å². The molecule has 1 N–H and O–H groups in total. The Morgan fingerprint density at radius 3 is 2.44 bits per heavy atom. The highest BCUT2D eigenvalue weighted by Gasteiger charge is 2.45. The van der Waals surface area contributed by atoms with E-state index in [0.29, 0.717) is 37.5 Å². The molecule has 3 fully saturated rings. The van der Waals surface area contributed by atoms with E-state index in [0.717, 1.165) is 18.5 Å². The van der Waals surface area contributed by atoms with Gasteiger partial charge in [0.1, 0.15) is 11.4 Å². The van der Waals surface area contributed by atoms with Crippen LogP contribution in [0.1, 0.15) is 59.8 Å². The smallest absolute Gasteiger partial charge is 0.410 e. The molecule has 0 saturated carbocycles. The summed E-state index contributed by atoms with van der Waals surface area (Å²) in [4.78, 5) is 34.6. The summed E-state index contributed by atoms with van der Waals surface area (Å²) in [7, 11) is 2.23. The maximum atomic E-state index is 13.8. The van der Waals surface area contributed by atoms with Gasteiger partial charge in [-0.3, -0.25) is 0 Å². The van der Waals surface area contributed by atoms with Crippen molar-refractivity contribution in [2.45, 2.75) is 95.9 Å². The molecular formula is C27H41N5O4. The van der Waals surface area contributed by atoms with Gasteiger partial charge in [0.25, 0.3) is 0 Å². The molecule has 5 rings (SSSR count). The van der Waals surface area contributed by atoms with Gasteiger partial charge in [-0.05, 0) is 72.6 Å². The second-order valence-corrected chi connectivity index (χ2v) is 11.8. The first-order chi connectivity index (χ1) is 17.1. The van der Waals surface area contributed by atoms with E-state index in [-0.39, 0.29) is 24.2 Å². The summed E-state index contributed by atoms with van der Waals surface area (Å²) in [6.45, 7) is 9.31. The molecule has 9 nitrogen and oxygen atoms in total. The van der Waals surface area contributed by atoms with Crippen LogP contribution in [-0.2, 0) is 4.74 Å². The molecule has 0 radical (unpaired) electrons. The molecule has 0 spiro atoms. The van der Waals surface area contributed by atoms with E-state index in [4.69, 9.17) is 9.47 Å². The molecular weight excluding hydrogens is 458 g/mol. The highest BCUT2D eigenvalue weighted by atomic mass is 16.6. The average Bonchev–Trinajstić information content (AvgIpc) is 3.18. The van der Waals surface area contributed by atoms with Crippen LogP contribution in [0.3, 0.4) is 0 Å². The SMILES string of the molecule is CC1CN(C(=O)OC(C)(C)C)CCN1C1Oc2ccccc2N1C(=O)NC1CC2CCCC(C1)N2C. The highest BCUT2D eigenvalue weighted by Crippen LogP contribution is 2.39. The summed E-state index contributed by atoms with van der Waals surface area (Å²) in [5.41, 5.74) is 0.254. The van der Waals surface area contributed by atoms with Crippen molar-refractivity contribution >= 4 is 17.8 Å². The number of benzene rings is 1. The number of hydrogen-bond acceptors (Lipinski definition) is 6. The molecule has 1 aromatic carbocycles. The highest BCUT2D eigenvalue weighted by molar-refractivity contribution is 5.95. The molecule has 4 unspecified atom stereocenters. The normalized spacial score (nSPS) is 31.0. The van der Waals surface area contributed by atoms with Gasteiger partial charge in [-0.15, -0.1) is 0 Å². The molecule has 0 aliphatic carbocycles. The van der Waals surface area contributed by atoms with E-state index in [1.165, 1.54) is 19.3 Å². The third kappa shape index (κ3) is 5.00. The van der Waals surface area contributed by atoms with Crippen LogP contribution in [0.25, 0.3) is 0 Å². The van der Waals surface area contributed by atoms with Crippen molar-refractivity contribution in [3.63, 3.8) is 0 Å². The van der Waals surface area contributed by atoms with Gasteiger partial charge < -0.3 is 24.6 Å². The number of carbonyl (C=O) groups excluding carboxylic acids is 2. The number of carbonyl (C=O) groups is 2. The van der Waals surface area contributed by atoms with E-state index in [2.05, 4.69) is 29.1 Å². The number of amides is 3. The van der Waals surface area contributed by atoms with Crippen LogP contribution in [0, 0.1) is 0 Å². The Morgan fingerprint density at radius 2 is 1.78 bits per heavy atom. The van der Waals surface area contributed by atoms with Gasteiger partial charge in [-0.2, -0.15) is 0 Å². The maximum absolute atomic E-state index is 13.8. The fourth-order valence-electron chi connectivity index (χ4n) is 6.24. The number of hydrogen-bond donors (Lipinski definition) is 1. The third-order valence-electron chi connectivity index (χ3n) is 8.08. The fourth-order valence-corrected chi connectivity index (χ4v) is 6.24. The molecule has 2 bridgehead atoms. The number of anilines is 1. The lowest BCUT2D eigenvalue weighted by Gasteiger charge is -2.47. The van der Waals surface area contributed by atoms with Gasteiger partial charge in [-0.1, -0.05) is 18.6 Å². The van der Waals surface area contributed by atoms with Crippen molar-refractivity contribution in [3.05, 3.63) is 24.3 Å². The summed E-state index contributed by atoms with van der Waals surface area (Å²) in [6.07, 6.45) is 4.82. The van der Waals surface area contributed by atoms with E-state index < -0.39 is 12.0 Å². The van der Waals surface area contributed by atoms with Gasteiger partial charge in [0.2, 0.25) is 6.35 Å². The van der Waals surface area contributed by atoms with Crippen LogP contribution in [0.2, 0.25) is 0 Å². The summed E-state index contributed by atoms with van der Waals surface area (Å²) in [5, 5.41) is 3.36. The van der Waals surface area contributed by atoms with E-state index in [1.54, 1.807) is 9.80 Å². The molecule has 0 aromatic heterocycles. The first-order valence-corrected chi connectivity index (χ1v) is 13.4. The molecule has 4 aliphatic rings. The lowest BCUT2D eigenvalue weighted by molar-refractivity contribution is -0.0371. The summed E-state index contributed by atoms with van der Waals surface area (Å²) >= 11 is 0. The van der Waals surface area contributed by atoms with Crippen molar-refractivity contribution in [1.82, 2.24) is 20.0 Å². The predicted molar refractivity (Wildman–Crippen MR) is 138 cm³/mol. The Balaban J connectivity index is 1.29. The van der Waals surface area contributed by atoms with Crippen LogP contribution in [-0.4, -0.2) is 89.6 Å². The summed E-state index contributed by atoms with van der Waals surface area (Å²) in [6, 6.07) is 8.86. The minimum Gasteiger partial charge on any atom is -0.454 e. The van der Waals surface area contributed by atoms with Crippen molar-refractivity contribution in [1.29, 1.82) is 0 Å². The van der Waals surface area contributed by atoms with Gasteiger partial charge >= 0.3 is 12.1 Å². The molecule has 4 atom stereocenters. The number of fused-ring (bicyclic) bond motifs is 3. The second-order valence-electron chi connectivity index (χ2n) is 11.8. The second kappa shape index (κ2) is 9.74. The number of urea groups is 1. The quantitative estimate of drug-likeness (QED) is 0.666. The van der Waals surface area contributed by atoms with Gasteiger partial charge in [0.15, 0.2) is 0 Å². The lowest BCUT2D eigenvalue weighted by Crippen LogP contribution is -2.64. The van der Waals surface area contributed by atoms with E-state index in [9.17, 15) is 9.59 Å². The molecule has 4 aliphatic heterocycles. The van der Waals surface area contributed by atoms with Crippen molar-refractivity contribution < 1.29 is 19.1 Å². The summed E-state index contributed by atoms with van der Waals surface area (Å²) in [5.74, 6) is 0.708. The number of nitrogens with one attached hydrogen (secondary N) is 1. The number of piperidine rings is 2. The van der Waals surface area contributed by atoms with E-state index in [1.807, 2.05) is 45.0 Å².